The molecule has 21 heavy (non-hydrogen) atoms. The molecule has 3 rings (SSSR count). The van der Waals surface area contributed by atoms with Crippen LogP contribution in [0.2, 0.25) is 4.34 Å². The summed E-state index contributed by atoms with van der Waals surface area (Å²) in [6.45, 7) is 5.12. The van der Waals surface area contributed by atoms with Gasteiger partial charge in [0.1, 0.15) is 0 Å². The van der Waals surface area contributed by atoms with Crippen molar-refractivity contribution in [2.75, 3.05) is 26.2 Å². The number of hydrogen-bond acceptors (Lipinski definition) is 4. The van der Waals surface area contributed by atoms with E-state index in [1.54, 1.807) is 11.3 Å². The number of thiophene rings is 1. The number of halogens is 1. The molecule has 3 heterocycles. The first-order valence-corrected chi connectivity index (χ1v) is 9.30. The van der Waals surface area contributed by atoms with E-state index >= 15 is 0 Å². The second-order valence-corrected chi connectivity index (χ2v) is 8.11. The molecule has 1 aromatic heterocycles. The average Bonchev–Trinajstić information content (AvgIpc) is 2.72. The van der Waals surface area contributed by atoms with Crippen LogP contribution in [0.1, 0.15) is 37.0 Å². The number of likely N-dealkylation sites (tertiary alicyclic amines) is 2. The normalized spacial score (nSPS) is 29.4. The van der Waals surface area contributed by atoms with Gasteiger partial charge in [0, 0.05) is 30.6 Å². The number of β-amino-alcohol motifs (C(OH)–C–C–N with tert-alkyl or cyclic N) is 1. The molecule has 2 saturated heterocycles. The lowest BCUT2D eigenvalue weighted by atomic mass is 9.99. The van der Waals surface area contributed by atoms with E-state index in [4.69, 9.17) is 11.6 Å². The molecule has 0 aromatic carbocycles. The van der Waals surface area contributed by atoms with E-state index < -0.39 is 0 Å². The number of nitrogens with zero attached hydrogens (tertiary/aromatic N) is 2. The fourth-order valence-electron chi connectivity index (χ4n) is 3.64. The Morgan fingerprint density at radius 2 is 1.90 bits per heavy atom. The molecule has 2 aliphatic heterocycles. The van der Waals surface area contributed by atoms with Crippen molar-refractivity contribution in [3.05, 3.63) is 21.3 Å². The van der Waals surface area contributed by atoms with Gasteiger partial charge in [-0.1, -0.05) is 24.4 Å². The van der Waals surface area contributed by atoms with Crippen LogP contribution >= 0.6 is 22.9 Å². The highest BCUT2D eigenvalue weighted by Gasteiger charge is 2.32. The van der Waals surface area contributed by atoms with Crippen molar-refractivity contribution < 1.29 is 5.11 Å². The second-order valence-electron chi connectivity index (χ2n) is 6.31. The molecule has 2 fully saturated rings. The molecule has 0 amide bonds. The van der Waals surface area contributed by atoms with Crippen LogP contribution in [-0.2, 0) is 6.54 Å². The van der Waals surface area contributed by atoms with Gasteiger partial charge >= 0.3 is 0 Å². The van der Waals surface area contributed by atoms with Crippen LogP contribution in [0.4, 0.5) is 0 Å². The first-order valence-electron chi connectivity index (χ1n) is 8.11. The van der Waals surface area contributed by atoms with Crippen molar-refractivity contribution in [1.29, 1.82) is 0 Å². The highest BCUT2D eigenvalue weighted by Crippen LogP contribution is 2.26. The maximum Gasteiger partial charge on any atom is 0.0931 e. The van der Waals surface area contributed by atoms with Gasteiger partial charge in [-0.15, -0.1) is 11.3 Å². The molecule has 118 valence electrons. The van der Waals surface area contributed by atoms with Gasteiger partial charge in [0.05, 0.1) is 10.4 Å². The summed E-state index contributed by atoms with van der Waals surface area (Å²) < 4.78 is 0.852. The van der Waals surface area contributed by atoms with Crippen molar-refractivity contribution in [3.63, 3.8) is 0 Å². The van der Waals surface area contributed by atoms with Gasteiger partial charge in [-0.3, -0.25) is 9.80 Å². The zero-order valence-corrected chi connectivity index (χ0v) is 14.1. The summed E-state index contributed by atoms with van der Waals surface area (Å²) >= 11 is 7.64. The Hall–Kier alpha value is -0.130. The molecule has 2 aliphatic rings. The van der Waals surface area contributed by atoms with Crippen LogP contribution in [0.3, 0.4) is 0 Å². The molecule has 0 saturated carbocycles. The molecule has 0 aliphatic carbocycles. The summed E-state index contributed by atoms with van der Waals surface area (Å²) in [7, 11) is 0. The van der Waals surface area contributed by atoms with Gasteiger partial charge in [-0.25, -0.2) is 0 Å². The van der Waals surface area contributed by atoms with E-state index in [0.717, 1.165) is 30.4 Å². The van der Waals surface area contributed by atoms with E-state index in [2.05, 4.69) is 15.9 Å². The van der Waals surface area contributed by atoms with E-state index in [9.17, 15) is 5.11 Å². The van der Waals surface area contributed by atoms with Gasteiger partial charge in [0.15, 0.2) is 0 Å². The average molecular weight is 329 g/mol. The van der Waals surface area contributed by atoms with Crippen LogP contribution in [0.5, 0.6) is 0 Å². The summed E-state index contributed by atoms with van der Waals surface area (Å²) in [5, 5.41) is 10.6. The zero-order valence-electron chi connectivity index (χ0n) is 12.5. The smallest absolute Gasteiger partial charge is 0.0931 e. The number of hydrogen-bond donors (Lipinski definition) is 1. The van der Waals surface area contributed by atoms with E-state index in [1.165, 1.54) is 43.6 Å². The van der Waals surface area contributed by atoms with Crippen molar-refractivity contribution in [2.24, 2.45) is 0 Å². The lowest BCUT2D eigenvalue weighted by Crippen LogP contribution is -2.54. The Bertz CT molecular complexity index is 445. The fourth-order valence-corrected chi connectivity index (χ4v) is 4.77. The Morgan fingerprint density at radius 3 is 2.52 bits per heavy atom. The molecule has 1 aromatic rings. The van der Waals surface area contributed by atoms with Crippen molar-refractivity contribution in [1.82, 2.24) is 9.80 Å². The summed E-state index contributed by atoms with van der Waals surface area (Å²) in [5.74, 6) is 0. The standard InChI is InChI=1S/C16H25ClN2OS/c17-16-6-5-13(21-16)11-18-10-7-14(15(20)12-18)19-8-3-1-2-4-9-19/h5-6,14-15,20H,1-4,7-12H2/t14-,15-/m1/s1. The quantitative estimate of drug-likeness (QED) is 0.923. The van der Waals surface area contributed by atoms with Gasteiger partial charge in [0.2, 0.25) is 0 Å². The lowest BCUT2D eigenvalue weighted by molar-refractivity contribution is -0.0141. The molecule has 3 nitrogen and oxygen atoms in total. The molecule has 5 heteroatoms. The highest BCUT2D eigenvalue weighted by atomic mass is 35.5. The molecule has 0 unspecified atom stereocenters. The topological polar surface area (TPSA) is 26.7 Å². The monoisotopic (exact) mass is 328 g/mol. The van der Waals surface area contributed by atoms with Crippen LogP contribution in [0.25, 0.3) is 0 Å². The van der Waals surface area contributed by atoms with Gasteiger partial charge in [0.25, 0.3) is 0 Å². The third-order valence-corrected chi connectivity index (χ3v) is 5.96. The summed E-state index contributed by atoms with van der Waals surface area (Å²) in [4.78, 5) is 6.19. The number of piperidine rings is 1. The Kier molecular flexibility index (Phi) is 5.57. The largest absolute Gasteiger partial charge is 0.390 e. The van der Waals surface area contributed by atoms with Crippen LogP contribution in [0, 0.1) is 0 Å². The molecule has 2 atom stereocenters. The Labute approximate surface area is 136 Å². The first kappa shape index (κ1) is 15.8. The van der Waals surface area contributed by atoms with Crippen LogP contribution in [0.15, 0.2) is 12.1 Å². The van der Waals surface area contributed by atoms with Crippen molar-refractivity contribution in [2.45, 2.75) is 50.8 Å². The lowest BCUT2D eigenvalue weighted by Gasteiger charge is -2.41. The maximum atomic E-state index is 10.6. The Balaban J connectivity index is 1.53. The van der Waals surface area contributed by atoms with E-state index in [1.807, 2.05) is 6.07 Å². The summed E-state index contributed by atoms with van der Waals surface area (Å²) in [6, 6.07) is 4.42. The third-order valence-electron chi connectivity index (χ3n) is 4.75. The maximum absolute atomic E-state index is 10.6. The molecule has 0 radical (unpaired) electrons. The summed E-state index contributed by atoms with van der Waals surface area (Å²) in [5.41, 5.74) is 0. The summed E-state index contributed by atoms with van der Waals surface area (Å²) in [6.07, 6.45) is 6.16. The van der Waals surface area contributed by atoms with Crippen LogP contribution in [-0.4, -0.2) is 53.2 Å². The molecule has 0 spiro atoms. The predicted octanol–water partition coefficient (Wildman–Crippen LogP) is 3.21. The Morgan fingerprint density at radius 1 is 1.14 bits per heavy atom. The number of rotatable bonds is 3. The third kappa shape index (κ3) is 4.20. The van der Waals surface area contributed by atoms with Crippen molar-refractivity contribution in [3.8, 4) is 0 Å². The second kappa shape index (κ2) is 7.42. The molecular formula is C16H25ClN2OS. The number of aliphatic hydroxyl groups excluding tert-OH is 1. The first-order chi connectivity index (χ1) is 10.2. The van der Waals surface area contributed by atoms with E-state index in [-0.39, 0.29) is 6.10 Å². The van der Waals surface area contributed by atoms with Gasteiger partial charge in [-0.2, -0.15) is 0 Å². The zero-order chi connectivity index (χ0) is 14.7. The van der Waals surface area contributed by atoms with Gasteiger partial charge < -0.3 is 5.11 Å². The van der Waals surface area contributed by atoms with Crippen molar-refractivity contribution >= 4 is 22.9 Å². The van der Waals surface area contributed by atoms with Crippen LogP contribution < -0.4 is 0 Å². The molecule has 0 bridgehead atoms. The number of aliphatic hydroxyl groups is 1. The minimum Gasteiger partial charge on any atom is -0.390 e. The molecular weight excluding hydrogens is 304 g/mol. The minimum absolute atomic E-state index is 0.215. The molecule has 1 N–H and O–H groups in total. The minimum atomic E-state index is -0.215. The SMILES string of the molecule is O[C@@H]1CN(Cc2ccc(Cl)s2)CC[C@H]1N1CCCCCC1. The predicted molar refractivity (Wildman–Crippen MR) is 89.1 cm³/mol. The van der Waals surface area contributed by atoms with Gasteiger partial charge in [-0.05, 0) is 44.5 Å². The fraction of sp³-hybridized carbons (Fsp3) is 0.750. The highest BCUT2D eigenvalue weighted by molar-refractivity contribution is 7.16. The van der Waals surface area contributed by atoms with E-state index in [0.29, 0.717) is 6.04 Å².